The lowest BCUT2D eigenvalue weighted by molar-refractivity contribution is -0.153. The van der Waals surface area contributed by atoms with Crippen LogP contribution in [0.25, 0.3) is 0 Å². The predicted octanol–water partition coefficient (Wildman–Crippen LogP) is 2.30. The third-order valence-electron chi connectivity index (χ3n) is 6.29. The Morgan fingerprint density at radius 1 is 1.17 bits per heavy atom. The fourth-order valence-electron chi connectivity index (χ4n) is 4.60. The van der Waals surface area contributed by atoms with Gasteiger partial charge >= 0.3 is 12.0 Å². The maximum absolute atomic E-state index is 12.6. The molecule has 1 saturated heterocycles. The normalized spacial score (nSPS) is 20.2. The topological polar surface area (TPSA) is 105 Å². The zero-order chi connectivity index (χ0) is 21.3. The number of ether oxygens (including phenoxy) is 1. The first-order valence-corrected chi connectivity index (χ1v) is 10.6. The van der Waals surface area contributed by atoms with E-state index in [4.69, 9.17) is 4.74 Å². The second-order valence-corrected chi connectivity index (χ2v) is 8.38. The summed E-state index contributed by atoms with van der Waals surface area (Å²) in [6.07, 6.45) is 5.15. The van der Waals surface area contributed by atoms with Crippen molar-refractivity contribution in [3.63, 3.8) is 0 Å². The number of aryl methyl sites for hydroxylation is 2. The molecule has 2 N–H and O–H groups in total. The van der Waals surface area contributed by atoms with Crippen LogP contribution in [0.15, 0.2) is 18.2 Å². The van der Waals surface area contributed by atoms with Crippen molar-refractivity contribution in [1.82, 2.24) is 10.2 Å². The lowest BCUT2D eigenvalue weighted by Crippen LogP contribution is -2.44. The first-order valence-electron chi connectivity index (χ1n) is 10.6. The zero-order valence-corrected chi connectivity index (χ0v) is 17.2. The van der Waals surface area contributed by atoms with Crippen LogP contribution >= 0.6 is 0 Å². The maximum Gasteiger partial charge on any atom is 0.325 e. The number of hydrogen-bond donors (Lipinski definition) is 2. The van der Waals surface area contributed by atoms with Gasteiger partial charge in [0.2, 0.25) is 0 Å². The number of urea groups is 1. The van der Waals surface area contributed by atoms with Crippen LogP contribution in [0.2, 0.25) is 0 Å². The number of rotatable bonds is 6. The Hall–Kier alpha value is -2.90. The van der Waals surface area contributed by atoms with E-state index in [0.29, 0.717) is 18.5 Å². The van der Waals surface area contributed by atoms with Crippen LogP contribution in [0.3, 0.4) is 0 Å². The molecule has 1 spiro atoms. The number of imide groups is 1. The number of esters is 1. The van der Waals surface area contributed by atoms with Crippen LogP contribution in [-0.4, -0.2) is 46.9 Å². The van der Waals surface area contributed by atoms with Crippen LogP contribution in [0.4, 0.5) is 10.5 Å². The van der Waals surface area contributed by atoms with Crippen LogP contribution in [0.1, 0.15) is 56.6 Å². The van der Waals surface area contributed by atoms with Gasteiger partial charge in [-0.1, -0.05) is 18.9 Å². The summed E-state index contributed by atoms with van der Waals surface area (Å²) in [5, 5.41) is 5.55. The molecule has 8 nitrogen and oxygen atoms in total. The number of benzene rings is 1. The van der Waals surface area contributed by atoms with Gasteiger partial charge in [0.15, 0.2) is 6.10 Å². The molecule has 1 aromatic rings. The van der Waals surface area contributed by atoms with Crippen molar-refractivity contribution in [2.45, 2.75) is 69.9 Å². The molecule has 1 heterocycles. The Morgan fingerprint density at radius 3 is 2.67 bits per heavy atom. The third kappa shape index (κ3) is 3.91. The van der Waals surface area contributed by atoms with Gasteiger partial charge in [-0.3, -0.25) is 19.3 Å². The summed E-state index contributed by atoms with van der Waals surface area (Å²) in [4.78, 5) is 50.4. The van der Waals surface area contributed by atoms with E-state index in [1.807, 2.05) is 18.2 Å². The Labute approximate surface area is 175 Å². The average molecular weight is 413 g/mol. The van der Waals surface area contributed by atoms with Crippen LogP contribution < -0.4 is 10.6 Å². The Balaban J connectivity index is 1.26. The molecule has 1 aliphatic heterocycles. The van der Waals surface area contributed by atoms with E-state index < -0.39 is 29.6 Å². The highest BCUT2D eigenvalue weighted by Gasteiger charge is 2.52. The Kier molecular flexibility index (Phi) is 5.49. The molecule has 1 atom stereocenters. The summed E-state index contributed by atoms with van der Waals surface area (Å²) in [5.74, 6) is -1.30. The van der Waals surface area contributed by atoms with Crippen molar-refractivity contribution in [1.29, 1.82) is 0 Å². The van der Waals surface area contributed by atoms with E-state index in [0.717, 1.165) is 37.0 Å². The first-order chi connectivity index (χ1) is 14.4. The fraction of sp³-hybridized carbons (Fsp3) is 0.545. The summed E-state index contributed by atoms with van der Waals surface area (Å²) in [6.45, 7) is 1.45. The van der Waals surface area contributed by atoms with E-state index in [2.05, 4.69) is 10.6 Å². The monoisotopic (exact) mass is 413 g/mol. The number of nitrogens with one attached hydrogen (secondary N) is 2. The molecular weight excluding hydrogens is 386 g/mol. The summed E-state index contributed by atoms with van der Waals surface area (Å²) in [5.41, 5.74) is 2.45. The van der Waals surface area contributed by atoms with E-state index in [-0.39, 0.29) is 18.9 Å². The molecule has 2 aliphatic carbocycles. The molecular formula is C22H27N3O5. The van der Waals surface area contributed by atoms with Crippen LogP contribution in [0.5, 0.6) is 0 Å². The number of hydrogen-bond acceptors (Lipinski definition) is 5. The van der Waals surface area contributed by atoms with E-state index in [1.54, 1.807) is 0 Å². The highest BCUT2D eigenvalue weighted by molar-refractivity contribution is 6.07. The molecule has 2 fully saturated rings. The summed E-state index contributed by atoms with van der Waals surface area (Å²) < 4.78 is 5.20. The van der Waals surface area contributed by atoms with E-state index in [1.165, 1.54) is 18.1 Å². The molecule has 0 bridgehead atoms. The second kappa shape index (κ2) is 8.08. The lowest BCUT2D eigenvalue weighted by Gasteiger charge is -2.20. The summed E-state index contributed by atoms with van der Waals surface area (Å²) in [7, 11) is 0. The van der Waals surface area contributed by atoms with Gasteiger partial charge in [0.05, 0.1) is 6.42 Å². The highest BCUT2D eigenvalue weighted by atomic mass is 16.5. The molecule has 8 heteroatoms. The number of fused-ring (bicyclic) bond motifs is 1. The Morgan fingerprint density at radius 2 is 1.90 bits per heavy atom. The van der Waals surface area contributed by atoms with Crippen molar-refractivity contribution < 1.29 is 23.9 Å². The van der Waals surface area contributed by atoms with E-state index in [9.17, 15) is 19.2 Å². The zero-order valence-electron chi connectivity index (χ0n) is 17.2. The van der Waals surface area contributed by atoms with Gasteiger partial charge in [-0.05, 0) is 62.3 Å². The summed E-state index contributed by atoms with van der Waals surface area (Å²) >= 11 is 0. The molecule has 3 aliphatic rings. The van der Waals surface area contributed by atoms with Gasteiger partial charge in [0, 0.05) is 12.2 Å². The highest BCUT2D eigenvalue weighted by Crippen LogP contribution is 2.35. The van der Waals surface area contributed by atoms with Gasteiger partial charge < -0.3 is 15.4 Å². The van der Waals surface area contributed by atoms with Crippen LogP contribution in [-0.2, 0) is 32.0 Å². The Bertz CT molecular complexity index is 891. The maximum atomic E-state index is 12.6. The third-order valence-corrected chi connectivity index (χ3v) is 6.29. The predicted molar refractivity (Wildman–Crippen MR) is 109 cm³/mol. The van der Waals surface area contributed by atoms with Gasteiger partial charge in [-0.25, -0.2) is 4.79 Å². The van der Waals surface area contributed by atoms with Gasteiger partial charge in [0.1, 0.15) is 5.54 Å². The lowest BCUT2D eigenvalue weighted by atomic mass is 9.98. The molecule has 30 heavy (non-hydrogen) atoms. The quantitative estimate of drug-likeness (QED) is 0.550. The minimum Gasteiger partial charge on any atom is -0.452 e. The average Bonchev–Trinajstić information content (AvgIpc) is 3.41. The minimum atomic E-state index is -0.977. The fourth-order valence-corrected chi connectivity index (χ4v) is 4.60. The first kappa shape index (κ1) is 20.4. The molecule has 160 valence electrons. The van der Waals surface area contributed by atoms with Crippen molar-refractivity contribution in [3.05, 3.63) is 29.3 Å². The largest absolute Gasteiger partial charge is 0.452 e. The number of carbonyl (C=O) groups excluding carboxylic acids is 4. The van der Waals surface area contributed by atoms with Crippen molar-refractivity contribution in [3.8, 4) is 0 Å². The molecule has 1 saturated carbocycles. The SMILES string of the molecule is C[C@H](OC(=O)CCN1C(=O)NC2(CCCC2)C1=O)C(=O)Nc1ccc2c(c1)CCC2. The number of anilines is 1. The molecule has 0 aromatic heterocycles. The van der Waals surface area contributed by atoms with Crippen LogP contribution in [0, 0.1) is 0 Å². The van der Waals surface area contributed by atoms with Crippen molar-refractivity contribution in [2.24, 2.45) is 0 Å². The van der Waals surface area contributed by atoms with Gasteiger partial charge in [0.25, 0.3) is 11.8 Å². The number of carbonyl (C=O) groups is 4. The molecule has 4 rings (SSSR count). The number of nitrogens with zero attached hydrogens (tertiary/aromatic N) is 1. The van der Waals surface area contributed by atoms with Gasteiger partial charge in [-0.15, -0.1) is 0 Å². The molecule has 1 aromatic carbocycles. The van der Waals surface area contributed by atoms with Crippen molar-refractivity contribution in [2.75, 3.05) is 11.9 Å². The minimum absolute atomic E-state index is 0.0512. The second-order valence-electron chi connectivity index (χ2n) is 8.38. The van der Waals surface area contributed by atoms with E-state index >= 15 is 0 Å². The molecule has 0 radical (unpaired) electrons. The molecule has 4 amide bonds. The van der Waals surface area contributed by atoms with Gasteiger partial charge in [-0.2, -0.15) is 0 Å². The smallest absolute Gasteiger partial charge is 0.325 e. The van der Waals surface area contributed by atoms with Crippen molar-refractivity contribution >= 4 is 29.5 Å². The molecule has 0 unspecified atom stereocenters. The summed E-state index contributed by atoms with van der Waals surface area (Å²) in [6, 6.07) is 5.37. The number of amides is 4. The standard InChI is InChI=1S/C22H27N3O5/c1-14(19(27)23-17-8-7-15-5-4-6-16(15)13-17)30-18(26)9-12-25-20(28)22(24-21(25)29)10-2-3-11-22/h7-8,13-14H,2-6,9-12H2,1H3,(H,23,27)(H,24,29)/t14-/m0/s1.